The van der Waals surface area contributed by atoms with Gasteiger partial charge >= 0.3 is 0 Å². The molecule has 0 radical (unpaired) electrons. The molecule has 0 atom stereocenters. The summed E-state index contributed by atoms with van der Waals surface area (Å²) in [5.74, 6) is 4.97. The van der Waals surface area contributed by atoms with E-state index in [9.17, 15) is 0 Å². The normalized spacial score (nSPS) is 12.0. The van der Waals surface area contributed by atoms with E-state index >= 15 is 0 Å². The van der Waals surface area contributed by atoms with Crippen molar-refractivity contribution in [2.75, 3.05) is 5.32 Å². The van der Waals surface area contributed by atoms with E-state index in [0.29, 0.717) is 18.2 Å². The molecule has 2 aromatic carbocycles. The summed E-state index contributed by atoms with van der Waals surface area (Å²) in [4.78, 5) is 22.4. The number of aromatic nitrogens is 6. The molecule has 38 heavy (non-hydrogen) atoms. The van der Waals surface area contributed by atoms with Crippen LogP contribution >= 0.6 is 0 Å². The average Bonchev–Trinajstić information content (AvgIpc) is 3.13. The van der Waals surface area contributed by atoms with Gasteiger partial charge in [-0.2, -0.15) is 0 Å². The lowest BCUT2D eigenvalue weighted by atomic mass is 9.95. The summed E-state index contributed by atoms with van der Waals surface area (Å²) in [6.45, 7) is 2.54. The Labute approximate surface area is 218 Å². The number of rotatable bonds is 3. The van der Waals surface area contributed by atoms with E-state index in [2.05, 4.69) is 65.0 Å². The number of fused-ring (bicyclic) bond motifs is 3. The van der Waals surface area contributed by atoms with Gasteiger partial charge < -0.3 is 14.6 Å². The largest absolute Gasteiger partial charge is 0.439 e. The SMILES string of the molecule is C#Cc1ncc2cc(-c3c4c5c(ncnc5n3C)NCc3cc(Oc5cccc(C)n5)ccc3-4)ccc2n1. The number of terminal acetylenes is 1. The number of ether oxygens (including phenoxy) is 1. The molecular formula is C30H21N7O. The van der Waals surface area contributed by atoms with Crippen molar-refractivity contribution in [3.63, 3.8) is 0 Å². The molecule has 0 bridgehead atoms. The van der Waals surface area contributed by atoms with Crippen LogP contribution in [0.25, 0.3) is 44.3 Å². The molecule has 8 heteroatoms. The molecule has 1 aliphatic rings. The van der Waals surface area contributed by atoms with Crippen molar-refractivity contribution in [2.45, 2.75) is 13.5 Å². The third-order valence-corrected chi connectivity index (χ3v) is 6.83. The maximum Gasteiger partial charge on any atom is 0.219 e. The van der Waals surface area contributed by atoms with Crippen LogP contribution in [0.3, 0.4) is 0 Å². The lowest BCUT2D eigenvalue weighted by molar-refractivity contribution is 0.461. The Bertz CT molecular complexity index is 1950. The van der Waals surface area contributed by atoms with E-state index in [-0.39, 0.29) is 0 Å². The van der Waals surface area contributed by atoms with Crippen LogP contribution < -0.4 is 10.1 Å². The van der Waals surface area contributed by atoms with E-state index in [4.69, 9.17) is 11.2 Å². The number of aryl methyl sites for hydroxylation is 2. The van der Waals surface area contributed by atoms with Gasteiger partial charge in [0.15, 0.2) is 0 Å². The molecule has 5 heterocycles. The minimum atomic E-state index is 0.375. The van der Waals surface area contributed by atoms with Gasteiger partial charge in [-0.15, -0.1) is 6.42 Å². The second-order valence-electron chi connectivity index (χ2n) is 9.21. The van der Waals surface area contributed by atoms with Gasteiger partial charge in [0.1, 0.15) is 23.5 Å². The summed E-state index contributed by atoms with van der Waals surface area (Å²) < 4.78 is 8.22. The van der Waals surface area contributed by atoms with Crippen molar-refractivity contribution >= 4 is 27.8 Å². The number of pyridine rings is 1. The van der Waals surface area contributed by atoms with Crippen LogP contribution in [0.2, 0.25) is 0 Å². The maximum atomic E-state index is 6.10. The molecule has 7 rings (SSSR count). The summed E-state index contributed by atoms with van der Waals surface area (Å²) in [5.41, 5.74) is 7.86. The molecule has 6 aromatic rings. The number of benzene rings is 2. The molecule has 4 aromatic heterocycles. The Morgan fingerprint density at radius 3 is 2.82 bits per heavy atom. The van der Waals surface area contributed by atoms with Gasteiger partial charge in [0.25, 0.3) is 0 Å². The Hall–Kier alpha value is -5.29. The van der Waals surface area contributed by atoms with Crippen molar-refractivity contribution < 1.29 is 4.74 Å². The number of hydrogen-bond acceptors (Lipinski definition) is 7. The van der Waals surface area contributed by atoms with Crippen molar-refractivity contribution in [1.82, 2.24) is 29.5 Å². The van der Waals surface area contributed by atoms with Crippen LogP contribution in [0, 0.1) is 19.3 Å². The van der Waals surface area contributed by atoms with Gasteiger partial charge in [-0.1, -0.05) is 18.2 Å². The minimum Gasteiger partial charge on any atom is -0.439 e. The summed E-state index contributed by atoms with van der Waals surface area (Å²) in [6, 6.07) is 18.0. The van der Waals surface area contributed by atoms with Crippen molar-refractivity contribution in [3.05, 3.63) is 84.2 Å². The van der Waals surface area contributed by atoms with Crippen LogP contribution in [-0.4, -0.2) is 29.5 Å². The summed E-state index contributed by atoms with van der Waals surface area (Å²) >= 11 is 0. The number of anilines is 1. The van der Waals surface area contributed by atoms with Crippen molar-refractivity contribution in [1.29, 1.82) is 0 Å². The number of hydrogen-bond donors (Lipinski definition) is 1. The van der Waals surface area contributed by atoms with E-state index in [0.717, 1.165) is 67.1 Å². The zero-order chi connectivity index (χ0) is 25.8. The molecule has 8 nitrogen and oxygen atoms in total. The number of nitrogens with zero attached hydrogens (tertiary/aromatic N) is 6. The predicted octanol–water partition coefficient (Wildman–Crippen LogP) is 5.65. The van der Waals surface area contributed by atoms with Gasteiger partial charge in [0.2, 0.25) is 11.7 Å². The molecule has 1 aliphatic heterocycles. The first-order valence-electron chi connectivity index (χ1n) is 12.1. The first-order valence-corrected chi connectivity index (χ1v) is 12.1. The van der Waals surface area contributed by atoms with E-state index in [1.54, 1.807) is 12.5 Å². The molecule has 0 amide bonds. The fourth-order valence-electron chi connectivity index (χ4n) is 5.14. The maximum absolute atomic E-state index is 6.10. The first-order chi connectivity index (χ1) is 18.6. The van der Waals surface area contributed by atoms with Gasteiger partial charge in [0, 0.05) is 42.5 Å². The molecule has 0 fully saturated rings. The fourth-order valence-corrected chi connectivity index (χ4v) is 5.14. The molecule has 0 saturated carbocycles. The molecule has 0 aliphatic carbocycles. The van der Waals surface area contributed by atoms with Crippen LogP contribution in [0.1, 0.15) is 17.1 Å². The van der Waals surface area contributed by atoms with Gasteiger partial charge in [0.05, 0.1) is 16.6 Å². The van der Waals surface area contributed by atoms with E-state index in [1.807, 2.05) is 44.3 Å². The van der Waals surface area contributed by atoms with E-state index < -0.39 is 0 Å². The van der Waals surface area contributed by atoms with Crippen molar-refractivity contribution in [2.24, 2.45) is 7.05 Å². The Morgan fingerprint density at radius 2 is 1.95 bits per heavy atom. The average molecular weight is 496 g/mol. The first kappa shape index (κ1) is 21.9. The predicted molar refractivity (Wildman–Crippen MR) is 147 cm³/mol. The zero-order valence-electron chi connectivity index (χ0n) is 20.7. The molecular weight excluding hydrogens is 474 g/mol. The highest BCUT2D eigenvalue weighted by molar-refractivity contribution is 6.10. The molecule has 0 unspecified atom stereocenters. The standard InChI is InChI=1S/C30H21N7O/c1-4-24-31-15-20-12-18(8-11-23(20)36-24)28-26-22-10-9-21(38-25-7-5-6-17(2)35-25)13-19(22)14-32-29-27(26)30(37(28)3)34-16-33-29/h1,5-13,15-16H,14H2,2-3H3,(H,32,33,34). The highest BCUT2D eigenvalue weighted by Crippen LogP contribution is 2.46. The summed E-state index contributed by atoms with van der Waals surface area (Å²) in [5, 5.41) is 5.40. The Balaban J connectivity index is 1.42. The molecule has 182 valence electrons. The molecule has 1 N–H and O–H groups in total. The van der Waals surface area contributed by atoms with Gasteiger partial charge in [-0.05, 0) is 59.9 Å². The summed E-state index contributed by atoms with van der Waals surface area (Å²) in [6.07, 6.45) is 8.86. The van der Waals surface area contributed by atoms with Crippen LogP contribution in [0.15, 0.2) is 67.1 Å². The highest BCUT2D eigenvalue weighted by atomic mass is 16.5. The lowest BCUT2D eigenvalue weighted by Crippen LogP contribution is -2.03. The zero-order valence-corrected chi connectivity index (χ0v) is 20.7. The van der Waals surface area contributed by atoms with Crippen LogP contribution in [-0.2, 0) is 13.6 Å². The lowest BCUT2D eigenvalue weighted by Gasteiger charge is -2.14. The van der Waals surface area contributed by atoms with Gasteiger partial charge in [-0.3, -0.25) is 0 Å². The topological polar surface area (TPSA) is 90.6 Å². The van der Waals surface area contributed by atoms with Crippen LogP contribution in [0.4, 0.5) is 5.82 Å². The third kappa shape index (κ3) is 3.44. The highest BCUT2D eigenvalue weighted by Gasteiger charge is 2.26. The van der Waals surface area contributed by atoms with Crippen LogP contribution in [0.5, 0.6) is 11.6 Å². The van der Waals surface area contributed by atoms with Crippen molar-refractivity contribution in [3.8, 4) is 46.4 Å². The Morgan fingerprint density at radius 1 is 1.03 bits per heavy atom. The second kappa shape index (κ2) is 8.39. The number of nitrogens with one attached hydrogen (secondary N) is 1. The summed E-state index contributed by atoms with van der Waals surface area (Å²) in [7, 11) is 2.03. The van der Waals surface area contributed by atoms with Gasteiger partial charge in [-0.25, -0.2) is 24.9 Å². The quantitative estimate of drug-likeness (QED) is 0.317. The monoisotopic (exact) mass is 495 g/mol. The molecule has 0 spiro atoms. The molecule has 0 saturated heterocycles. The third-order valence-electron chi connectivity index (χ3n) is 6.83. The van der Waals surface area contributed by atoms with E-state index in [1.165, 1.54) is 0 Å². The minimum absolute atomic E-state index is 0.375. The fraction of sp³-hybridized carbons (Fsp3) is 0.100. The second-order valence-corrected chi connectivity index (χ2v) is 9.21. The smallest absolute Gasteiger partial charge is 0.219 e. The Kier molecular flexibility index (Phi) is 4.85.